The van der Waals surface area contributed by atoms with Gasteiger partial charge in [0.1, 0.15) is 7.05 Å². The van der Waals surface area contributed by atoms with E-state index in [9.17, 15) is 5.26 Å². The standard InChI is InChI=1S/C29H23N4/c1-17-12-20(16-30)25-21-8-6-7-9-22(21)33-23-14-18(15-29(2,3)31-4)13-19-10-11-32(5)27(26(19)23)24(17)28(25)33/h6-14H,15H2,1-3,5H3/q+1. The van der Waals surface area contributed by atoms with Gasteiger partial charge in [0.15, 0.2) is 6.20 Å². The second-order valence-electron chi connectivity index (χ2n) is 9.76. The van der Waals surface area contributed by atoms with Gasteiger partial charge in [0.25, 0.3) is 0 Å². The van der Waals surface area contributed by atoms with Crippen LogP contribution in [0.25, 0.3) is 53.8 Å². The zero-order valence-electron chi connectivity index (χ0n) is 19.2. The van der Waals surface area contributed by atoms with Crippen LogP contribution < -0.4 is 4.57 Å². The van der Waals surface area contributed by atoms with E-state index in [4.69, 9.17) is 6.57 Å². The predicted octanol–water partition coefficient (Wildman–Crippen LogP) is 6.23. The molecule has 4 nitrogen and oxygen atoms in total. The largest absolute Gasteiger partial charge is 0.311 e. The SMILES string of the molecule is [C-]#[N+]C(C)(C)Cc1cc2cc[n+](C)c3c4c(C)cc(C#N)c5c6ccccc6n(c(c1)c23)c54. The summed E-state index contributed by atoms with van der Waals surface area (Å²) in [5.74, 6) is 0. The van der Waals surface area contributed by atoms with E-state index in [1.807, 2.05) is 26.0 Å². The van der Waals surface area contributed by atoms with Gasteiger partial charge in [-0.25, -0.2) is 11.1 Å². The summed E-state index contributed by atoms with van der Waals surface area (Å²) in [6.07, 6.45) is 2.80. The lowest BCUT2D eigenvalue weighted by molar-refractivity contribution is -0.643. The summed E-state index contributed by atoms with van der Waals surface area (Å²) in [6.45, 7) is 13.7. The van der Waals surface area contributed by atoms with Crippen LogP contribution in [0.4, 0.5) is 0 Å². The molecule has 0 saturated carbocycles. The topological polar surface area (TPSA) is 36.4 Å². The molecule has 3 aromatic carbocycles. The number of aromatic nitrogens is 2. The first-order valence-corrected chi connectivity index (χ1v) is 11.2. The van der Waals surface area contributed by atoms with Crippen LogP contribution >= 0.6 is 0 Å². The summed E-state index contributed by atoms with van der Waals surface area (Å²) in [6, 6.07) is 19.5. The maximum atomic E-state index is 10.0. The van der Waals surface area contributed by atoms with E-state index in [1.54, 1.807) is 0 Å². The van der Waals surface area contributed by atoms with Crippen LogP contribution in [0.5, 0.6) is 0 Å². The van der Waals surface area contributed by atoms with Crippen molar-refractivity contribution in [1.82, 2.24) is 4.40 Å². The monoisotopic (exact) mass is 427 g/mol. The molecule has 0 spiro atoms. The zero-order valence-corrected chi connectivity index (χ0v) is 19.2. The van der Waals surface area contributed by atoms with Gasteiger partial charge in [-0.3, -0.25) is 0 Å². The lowest BCUT2D eigenvalue weighted by Crippen LogP contribution is -2.29. The lowest BCUT2D eigenvalue weighted by Gasteiger charge is -2.16. The Bertz CT molecular complexity index is 1860. The Balaban J connectivity index is 1.97. The molecule has 0 saturated heterocycles. The second-order valence-corrected chi connectivity index (χ2v) is 9.76. The number of hydrogen-bond acceptors (Lipinski definition) is 1. The third-order valence-electron chi connectivity index (χ3n) is 6.95. The molecular weight excluding hydrogens is 404 g/mol. The number of benzene rings is 3. The molecule has 0 radical (unpaired) electrons. The molecule has 3 heterocycles. The van der Waals surface area contributed by atoms with Crippen LogP contribution in [-0.4, -0.2) is 9.94 Å². The molecule has 6 aromatic rings. The second kappa shape index (κ2) is 6.44. The predicted molar refractivity (Wildman–Crippen MR) is 134 cm³/mol. The molecule has 0 fully saturated rings. The van der Waals surface area contributed by atoms with Gasteiger partial charge in [0.2, 0.25) is 11.1 Å². The number of rotatable bonds is 2. The Labute approximate surface area is 192 Å². The van der Waals surface area contributed by atoms with E-state index >= 15 is 0 Å². The number of hydrogen-bond donors (Lipinski definition) is 0. The van der Waals surface area contributed by atoms with E-state index in [0.717, 1.165) is 38.4 Å². The fraction of sp³-hybridized carbons (Fsp3) is 0.207. The molecule has 6 rings (SSSR count). The first kappa shape index (κ1) is 19.5. The minimum Gasteiger partial charge on any atom is -0.311 e. The quantitative estimate of drug-likeness (QED) is 0.140. The van der Waals surface area contributed by atoms with Crippen LogP contribution in [-0.2, 0) is 13.5 Å². The minimum absolute atomic E-state index is 0.464. The van der Waals surface area contributed by atoms with Gasteiger partial charge >= 0.3 is 0 Å². The van der Waals surface area contributed by atoms with E-state index < -0.39 is 5.54 Å². The van der Waals surface area contributed by atoms with E-state index in [0.29, 0.717) is 12.0 Å². The molecule has 0 aliphatic carbocycles. The average molecular weight is 428 g/mol. The Morgan fingerprint density at radius 1 is 1.06 bits per heavy atom. The zero-order chi connectivity index (χ0) is 23.1. The Kier molecular flexibility index (Phi) is 3.81. The third kappa shape index (κ3) is 2.53. The summed E-state index contributed by atoms with van der Waals surface area (Å²) in [5.41, 5.74) is 7.03. The fourth-order valence-electron chi connectivity index (χ4n) is 5.59. The number of pyridine rings is 2. The summed E-state index contributed by atoms with van der Waals surface area (Å²) >= 11 is 0. The van der Waals surface area contributed by atoms with Crippen molar-refractivity contribution in [3.8, 4) is 6.07 Å². The Morgan fingerprint density at radius 3 is 2.61 bits per heavy atom. The highest BCUT2D eigenvalue weighted by molar-refractivity contribution is 6.26. The first-order valence-electron chi connectivity index (χ1n) is 11.2. The smallest absolute Gasteiger partial charge is 0.231 e. The Morgan fingerprint density at radius 2 is 1.85 bits per heavy atom. The van der Waals surface area contributed by atoms with Gasteiger partial charge in [-0.05, 0) is 41.6 Å². The molecule has 0 aliphatic rings. The molecule has 0 atom stereocenters. The van der Waals surface area contributed by atoms with Crippen molar-refractivity contribution in [2.24, 2.45) is 7.05 Å². The average Bonchev–Trinajstić information content (AvgIpc) is 3.14. The normalized spacial score (nSPS) is 12.3. The number of nitrogens with zero attached hydrogens (tertiary/aromatic N) is 4. The molecule has 0 bridgehead atoms. The van der Waals surface area contributed by atoms with Crippen LogP contribution in [0.15, 0.2) is 54.7 Å². The Hall–Kier alpha value is -4.15. The van der Waals surface area contributed by atoms with Crippen molar-refractivity contribution < 1.29 is 4.57 Å². The number of nitriles is 1. The molecule has 4 heteroatoms. The molecule has 158 valence electrons. The number of fused-ring (bicyclic) bond motifs is 5. The molecule has 0 amide bonds. The number of para-hydroxylation sites is 1. The van der Waals surface area contributed by atoms with E-state index in [-0.39, 0.29) is 0 Å². The van der Waals surface area contributed by atoms with Crippen molar-refractivity contribution in [2.75, 3.05) is 0 Å². The summed E-state index contributed by atoms with van der Waals surface area (Å²) < 4.78 is 4.54. The minimum atomic E-state index is -0.464. The van der Waals surface area contributed by atoms with Gasteiger partial charge in [-0.15, -0.1) is 0 Å². The van der Waals surface area contributed by atoms with Crippen molar-refractivity contribution in [2.45, 2.75) is 32.7 Å². The maximum Gasteiger partial charge on any atom is 0.231 e. The fourth-order valence-corrected chi connectivity index (χ4v) is 5.59. The summed E-state index contributed by atoms with van der Waals surface area (Å²) in [4.78, 5) is 3.85. The van der Waals surface area contributed by atoms with Crippen LogP contribution in [0.1, 0.15) is 30.5 Å². The highest BCUT2D eigenvalue weighted by Crippen LogP contribution is 2.42. The van der Waals surface area contributed by atoms with E-state index in [2.05, 4.69) is 76.4 Å². The van der Waals surface area contributed by atoms with Gasteiger partial charge in [0, 0.05) is 30.7 Å². The molecule has 33 heavy (non-hydrogen) atoms. The first-order chi connectivity index (χ1) is 15.8. The van der Waals surface area contributed by atoms with Crippen molar-refractivity contribution in [3.63, 3.8) is 0 Å². The molecule has 0 aliphatic heterocycles. The molecular formula is C29H23N4+. The van der Waals surface area contributed by atoms with Crippen LogP contribution in [0, 0.1) is 24.8 Å². The molecule has 3 aromatic heterocycles. The highest BCUT2D eigenvalue weighted by Gasteiger charge is 2.28. The molecule has 0 unspecified atom stereocenters. The van der Waals surface area contributed by atoms with Gasteiger partial charge in [0.05, 0.1) is 45.4 Å². The third-order valence-corrected chi connectivity index (χ3v) is 6.95. The van der Waals surface area contributed by atoms with Crippen LogP contribution in [0.2, 0.25) is 0 Å². The summed E-state index contributed by atoms with van der Waals surface area (Å²) in [5, 5.41) is 15.7. The highest BCUT2D eigenvalue weighted by atomic mass is 15.0. The number of aryl methyl sites for hydroxylation is 2. The van der Waals surface area contributed by atoms with Crippen LogP contribution in [0.3, 0.4) is 0 Å². The maximum absolute atomic E-state index is 10.0. The van der Waals surface area contributed by atoms with Crippen molar-refractivity contribution >= 4 is 49.0 Å². The van der Waals surface area contributed by atoms with Gasteiger partial charge < -0.3 is 9.25 Å². The van der Waals surface area contributed by atoms with Crippen molar-refractivity contribution in [1.29, 1.82) is 5.26 Å². The molecule has 0 N–H and O–H groups in total. The van der Waals surface area contributed by atoms with Gasteiger partial charge in [-0.1, -0.05) is 24.3 Å². The van der Waals surface area contributed by atoms with E-state index in [1.165, 1.54) is 21.7 Å². The lowest BCUT2D eigenvalue weighted by atomic mass is 9.92. The van der Waals surface area contributed by atoms with Crippen molar-refractivity contribution in [3.05, 3.63) is 82.8 Å². The van der Waals surface area contributed by atoms with Gasteiger partial charge in [-0.2, -0.15) is 5.26 Å². The summed E-state index contributed by atoms with van der Waals surface area (Å²) in [7, 11) is 2.09.